The van der Waals surface area contributed by atoms with Gasteiger partial charge in [0.1, 0.15) is 11.9 Å². The molecule has 1 aromatic rings. The number of pyridine rings is 1. The molecule has 0 fully saturated rings. The highest BCUT2D eigenvalue weighted by Crippen LogP contribution is 2.15. The van der Waals surface area contributed by atoms with Crippen LogP contribution >= 0.6 is 11.6 Å². The van der Waals surface area contributed by atoms with E-state index in [0.29, 0.717) is 16.9 Å². The third-order valence-electron chi connectivity index (χ3n) is 1.39. The maximum Gasteiger partial charge on any atom is 0.161 e. The summed E-state index contributed by atoms with van der Waals surface area (Å²) in [6, 6.07) is 5.64. The molecule has 68 valence electrons. The Morgan fingerprint density at radius 1 is 1.54 bits per heavy atom. The molecule has 0 aromatic carbocycles. The van der Waals surface area contributed by atoms with Crippen molar-refractivity contribution in [3.8, 4) is 6.07 Å². The van der Waals surface area contributed by atoms with Crippen molar-refractivity contribution in [1.82, 2.24) is 4.98 Å². The molecule has 1 heterocycles. The molecule has 0 unspecified atom stereocenters. The largest absolute Gasteiger partial charge is 0.368 e. The normalized spacial score (nSPS) is 9.77. The van der Waals surface area contributed by atoms with Crippen molar-refractivity contribution in [1.29, 1.82) is 5.26 Å². The molecule has 0 aliphatic rings. The molecule has 0 atom stereocenters. The van der Waals surface area contributed by atoms with Gasteiger partial charge >= 0.3 is 0 Å². The van der Waals surface area contributed by atoms with E-state index < -0.39 is 0 Å². The number of rotatable bonds is 2. The fourth-order valence-corrected chi connectivity index (χ4v) is 1.04. The zero-order valence-electron chi connectivity index (χ0n) is 7.50. The average molecular weight is 196 g/mol. The second kappa shape index (κ2) is 4.11. The highest BCUT2D eigenvalue weighted by Gasteiger charge is 2.03. The number of hydrogen-bond donors (Lipinski definition) is 1. The molecule has 0 aliphatic heterocycles. The third-order valence-corrected chi connectivity index (χ3v) is 1.69. The Bertz CT molecular complexity index is 341. The van der Waals surface area contributed by atoms with Gasteiger partial charge in [-0.15, -0.1) is 0 Å². The molecule has 4 heteroatoms. The minimum absolute atomic E-state index is 0.257. The molecule has 3 nitrogen and oxygen atoms in total. The Kier molecular flexibility index (Phi) is 3.10. The predicted molar refractivity (Wildman–Crippen MR) is 52.7 cm³/mol. The van der Waals surface area contributed by atoms with Gasteiger partial charge in [-0.2, -0.15) is 5.26 Å². The van der Waals surface area contributed by atoms with E-state index in [2.05, 4.69) is 10.3 Å². The maximum atomic E-state index is 8.65. The van der Waals surface area contributed by atoms with Crippen molar-refractivity contribution in [2.75, 3.05) is 5.32 Å². The van der Waals surface area contributed by atoms with Crippen molar-refractivity contribution < 1.29 is 0 Å². The summed E-state index contributed by atoms with van der Waals surface area (Å²) < 4.78 is 0. The minimum atomic E-state index is 0.257. The summed E-state index contributed by atoms with van der Waals surface area (Å²) in [7, 11) is 0. The zero-order chi connectivity index (χ0) is 9.84. The first-order valence-corrected chi connectivity index (χ1v) is 4.34. The summed E-state index contributed by atoms with van der Waals surface area (Å²) in [6.45, 7) is 4.00. The summed E-state index contributed by atoms with van der Waals surface area (Å²) in [6.07, 6.45) is 0. The number of aromatic nitrogens is 1. The van der Waals surface area contributed by atoms with E-state index in [9.17, 15) is 0 Å². The van der Waals surface area contributed by atoms with Crippen LogP contribution in [0.5, 0.6) is 0 Å². The molecular formula is C9H10ClN3. The van der Waals surface area contributed by atoms with Gasteiger partial charge in [0.15, 0.2) is 5.69 Å². The van der Waals surface area contributed by atoms with Crippen molar-refractivity contribution in [2.24, 2.45) is 0 Å². The van der Waals surface area contributed by atoms with Gasteiger partial charge in [-0.3, -0.25) is 0 Å². The highest BCUT2D eigenvalue weighted by atomic mass is 35.5. The van der Waals surface area contributed by atoms with Gasteiger partial charge < -0.3 is 5.32 Å². The lowest BCUT2D eigenvalue weighted by atomic mass is 10.3. The number of nitrogens with one attached hydrogen (secondary N) is 1. The number of nitriles is 1. The monoisotopic (exact) mass is 195 g/mol. The van der Waals surface area contributed by atoms with Crippen molar-refractivity contribution in [3.63, 3.8) is 0 Å². The molecular weight excluding hydrogens is 186 g/mol. The van der Waals surface area contributed by atoms with Crippen LogP contribution in [0.3, 0.4) is 0 Å². The van der Waals surface area contributed by atoms with E-state index in [4.69, 9.17) is 16.9 Å². The molecule has 1 aromatic heterocycles. The first kappa shape index (κ1) is 9.82. The van der Waals surface area contributed by atoms with Gasteiger partial charge in [0.25, 0.3) is 0 Å². The Morgan fingerprint density at radius 2 is 2.23 bits per heavy atom. The summed E-state index contributed by atoms with van der Waals surface area (Å²) in [5.74, 6) is 0.677. The van der Waals surface area contributed by atoms with E-state index in [1.807, 2.05) is 19.9 Å². The van der Waals surface area contributed by atoms with Gasteiger partial charge in [0.2, 0.25) is 0 Å². The second-order valence-electron chi connectivity index (χ2n) is 2.94. The summed E-state index contributed by atoms with van der Waals surface area (Å²) >= 11 is 5.72. The Morgan fingerprint density at radius 3 is 2.77 bits per heavy atom. The summed E-state index contributed by atoms with van der Waals surface area (Å²) in [5.41, 5.74) is 0.257. The standard InChI is InChI=1S/C9H10ClN3/c1-6(2)12-9-4-3-7(10)8(5-11)13-9/h3-4,6H,1-2H3,(H,12,13). The van der Waals surface area contributed by atoms with Gasteiger partial charge in [-0.25, -0.2) is 4.98 Å². The smallest absolute Gasteiger partial charge is 0.161 e. The van der Waals surface area contributed by atoms with Gasteiger partial charge in [0, 0.05) is 6.04 Å². The van der Waals surface area contributed by atoms with E-state index in [-0.39, 0.29) is 5.69 Å². The van der Waals surface area contributed by atoms with Gasteiger partial charge in [0.05, 0.1) is 5.02 Å². The van der Waals surface area contributed by atoms with Crippen LogP contribution in [0, 0.1) is 11.3 Å². The molecule has 0 saturated heterocycles. The summed E-state index contributed by atoms with van der Waals surface area (Å²) in [4.78, 5) is 4.03. The minimum Gasteiger partial charge on any atom is -0.368 e. The van der Waals surface area contributed by atoms with Crippen LogP contribution in [-0.4, -0.2) is 11.0 Å². The van der Waals surface area contributed by atoms with Crippen LogP contribution in [0.25, 0.3) is 0 Å². The Hall–Kier alpha value is -1.27. The van der Waals surface area contributed by atoms with Gasteiger partial charge in [-0.1, -0.05) is 11.6 Å². The third kappa shape index (κ3) is 2.60. The van der Waals surface area contributed by atoms with Crippen LogP contribution in [0.1, 0.15) is 19.5 Å². The molecule has 0 amide bonds. The van der Waals surface area contributed by atoms with Gasteiger partial charge in [-0.05, 0) is 26.0 Å². The van der Waals surface area contributed by atoms with Crippen LogP contribution in [-0.2, 0) is 0 Å². The van der Waals surface area contributed by atoms with E-state index in [1.165, 1.54) is 0 Å². The number of anilines is 1. The van der Waals surface area contributed by atoms with Crippen molar-refractivity contribution in [3.05, 3.63) is 22.8 Å². The number of nitrogens with zero attached hydrogens (tertiary/aromatic N) is 2. The lowest BCUT2D eigenvalue weighted by Crippen LogP contribution is -2.11. The first-order chi connectivity index (χ1) is 6.13. The SMILES string of the molecule is CC(C)Nc1ccc(Cl)c(C#N)n1. The molecule has 1 N–H and O–H groups in total. The first-order valence-electron chi connectivity index (χ1n) is 3.96. The molecule has 0 aliphatic carbocycles. The molecule has 0 bridgehead atoms. The average Bonchev–Trinajstić information content (AvgIpc) is 2.07. The van der Waals surface area contributed by atoms with Crippen molar-refractivity contribution in [2.45, 2.75) is 19.9 Å². The van der Waals surface area contributed by atoms with E-state index in [0.717, 1.165) is 0 Å². The quantitative estimate of drug-likeness (QED) is 0.789. The van der Waals surface area contributed by atoms with E-state index >= 15 is 0 Å². The predicted octanol–water partition coefficient (Wildman–Crippen LogP) is 2.43. The molecule has 0 radical (unpaired) electrons. The molecule has 0 saturated carbocycles. The fourth-order valence-electron chi connectivity index (χ4n) is 0.897. The van der Waals surface area contributed by atoms with Crippen LogP contribution in [0.2, 0.25) is 5.02 Å². The van der Waals surface area contributed by atoms with Crippen LogP contribution < -0.4 is 5.32 Å². The Labute approximate surface area is 82.4 Å². The van der Waals surface area contributed by atoms with Crippen LogP contribution in [0.15, 0.2) is 12.1 Å². The van der Waals surface area contributed by atoms with Crippen molar-refractivity contribution >= 4 is 17.4 Å². The summed E-state index contributed by atoms with van der Waals surface area (Å²) in [5, 5.41) is 12.1. The molecule has 1 rings (SSSR count). The molecule has 0 spiro atoms. The fraction of sp³-hybridized carbons (Fsp3) is 0.333. The lowest BCUT2D eigenvalue weighted by Gasteiger charge is -2.08. The number of hydrogen-bond acceptors (Lipinski definition) is 3. The zero-order valence-corrected chi connectivity index (χ0v) is 8.26. The Balaban J connectivity index is 2.95. The lowest BCUT2D eigenvalue weighted by molar-refractivity contribution is 0.888. The van der Waals surface area contributed by atoms with E-state index in [1.54, 1.807) is 12.1 Å². The second-order valence-corrected chi connectivity index (χ2v) is 3.34. The number of halogens is 1. The molecule has 13 heavy (non-hydrogen) atoms. The topological polar surface area (TPSA) is 48.7 Å². The maximum absolute atomic E-state index is 8.65. The highest BCUT2D eigenvalue weighted by molar-refractivity contribution is 6.31. The van der Waals surface area contributed by atoms with Crippen LogP contribution in [0.4, 0.5) is 5.82 Å².